The van der Waals surface area contributed by atoms with E-state index in [1.54, 1.807) is 12.0 Å². The maximum atomic E-state index is 12.5. The van der Waals surface area contributed by atoms with Gasteiger partial charge in [0.05, 0.1) is 13.7 Å². The van der Waals surface area contributed by atoms with Crippen LogP contribution in [-0.4, -0.2) is 72.4 Å². The Labute approximate surface area is 162 Å². The number of rotatable bonds is 7. The van der Waals surface area contributed by atoms with Crippen molar-refractivity contribution in [3.63, 3.8) is 0 Å². The Morgan fingerprint density at radius 1 is 1.11 bits per heavy atom. The molecule has 6 heteroatoms. The first-order chi connectivity index (χ1) is 13.1. The zero-order valence-corrected chi connectivity index (χ0v) is 16.5. The van der Waals surface area contributed by atoms with E-state index in [1.807, 2.05) is 29.2 Å². The molecule has 0 bridgehead atoms. The van der Waals surface area contributed by atoms with E-state index in [-0.39, 0.29) is 18.4 Å². The molecule has 1 atom stereocenters. The summed E-state index contributed by atoms with van der Waals surface area (Å²) < 4.78 is 5.17. The molecule has 2 aliphatic heterocycles. The summed E-state index contributed by atoms with van der Waals surface area (Å²) in [5.74, 6) is 0.945. The number of benzene rings is 1. The van der Waals surface area contributed by atoms with Crippen LogP contribution in [0.1, 0.15) is 38.2 Å². The third-order valence-electron chi connectivity index (χ3n) is 5.74. The number of hydrogen-bond donors (Lipinski definition) is 0. The van der Waals surface area contributed by atoms with Crippen LogP contribution >= 0.6 is 0 Å². The third-order valence-corrected chi connectivity index (χ3v) is 5.74. The Bertz CT molecular complexity index is 641. The second-order valence-corrected chi connectivity index (χ2v) is 7.61. The quantitative estimate of drug-likeness (QED) is 0.735. The zero-order valence-electron chi connectivity index (χ0n) is 16.5. The van der Waals surface area contributed by atoms with Gasteiger partial charge < -0.3 is 19.4 Å². The average molecular weight is 373 g/mol. The fourth-order valence-corrected chi connectivity index (χ4v) is 3.90. The fourth-order valence-electron chi connectivity index (χ4n) is 3.90. The van der Waals surface area contributed by atoms with Crippen LogP contribution in [0, 0.1) is 0 Å². The number of carbonyl (C=O) groups is 2. The molecule has 0 N–H and O–H groups in total. The summed E-state index contributed by atoms with van der Waals surface area (Å²) in [6.07, 6.45) is 3.94. The molecule has 3 rings (SSSR count). The highest BCUT2D eigenvalue weighted by atomic mass is 16.5. The molecule has 2 heterocycles. The minimum Gasteiger partial charge on any atom is -0.497 e. The van der Waals surface area contributed by atoms with Crippen molar-refractivity contribution in [3.8, 4) is 5.75 Å². The smallest absolute Gasteiger partial charge is 0.242 e. The van der Waals surface area contributed by atoms with Crippen molar-refractivity contribution >= 4 is 11.8 Å². The van der Waals surface area contributed by atoms with Crippen molar-refractivity contribution in [1.82, 2.24) is 14.7 Å². The van der Waals surface area contributed by atoms with Gasteiger partial charge in [-0.15, -0.1) is 0 Å². The molecule has 27 heavy (non-hydrogen) atoms. The predicted molar refractivity (Wildman–Crippen MR) is 104 cm³/mol. The molecule has 0 aliphatic carbocycles. The average Bonchev–Trinajstić information content (AvgIpc) is 3.23. The maximum absolute atomic E-state index is 12.5. The summed E-state index contributed by atoms with van der Waals surface area (Å²) in [6, 6.07) is 8.21. The van der Waals surface area contributed by atoms with E-state index in [1.165, 1.54) is 12.8 Å². The minimum atomic E-state index is 0.0259. The van der Waals surface area contributed by atoms with Crippen molar-refractivity contribution in [2.75, 3.05) is 39.8 Å². The van der Waals surface area contributed by atoms with Gasteiger partial charge in [0.15, 0.2) is 0 Å². The summed E-state index contributed by atoms with van der Waals surface area (Å²) in [5.41, 5.74) is 1.07. The van der Waals surface area contributed by atoms with Crippen molar-refractivity contribution in [1.29, 1.82) is 0 Å². The minimum absolute atomic E-state index is 0.0259. The van der Waals surface area contributed by atoms with Gasteiger partial charge in [0, 0.05) is 32.1 Å². The highest BCUT2D eigenvalue weighted by Gasteiger charge is 2.27. The molecule has 1 aromatic rings. The molecule has 2 amide bonds. The Kier molecular flexibility index (Phi) is 6.72. The third kappa shape index (κ3) is 5.22. The molecule has 0 saturated carbocycles. The largest absolute Gasteiger partial charge is 0.497 e. The van der Waals surface area contributed by atoms with Crippen LogP contribution in [0.4, 0.5) is 0 Å². The Morgan fingerprint density at radius 3 is 2.44 bits per heavy atom. The maximum Gasteiger partial charge on any atom is 0.242 e. The standard InChI is InChI=1S/C21H31N3O3/c1-17(22-11-3-4-12-22)5-10-20(25)24-14-13-23(21(26)16-24)15-18-6-8-19(27-2)9-7-18/h6-9,17H,3-5,10-16H2,1-2H3/t17-/m0/s1. The van der Waals surface area contributed by atoms with E-state index in [4.69, 9.17) is 4.74 Å². The van der Waals surface area contributed by atoms with Crippen LogP contribution in [0.15, 0.2) is 24.3 Å². The molecule has 2 aliphatic rings. The molecule has 6 nitrogen and oxygen atoms in total. The van der Waals surface area contributed by atoms with E-state index < -0.39 is 0 Å². The first-order valence-corrected chi connectivity index (χ1v) is 9.99. The highest BCUT2D eigenvalue weighted by molar-refractivity contribution is 5.86. The molecule has 0 radical (unpaired) electrons. The van der Waals surface area contributed by atoms with Gasteiger partial charge in [0.1, 0.15) is 5.75 Å². The summed E-state index contributed by atoms with van der Waals surface area (Å²) >= 11 is 0. The number of ether oxygens (including phenoxy) is 1. The first kappa shape index (κ1) is 19.7. The van der Waals surface area contributed by atoms with Crippen LogP contribution < -0.4 is 4.74 Å². The van der Waals surface area contributed by atoms with Crippen LogP contribution in [0.25, 0.3) is 0 Å². The van der Waals surface area contributed by atoms with Gasteiger partial charge in [-0.2, -0.15) is 0 Å². The summed E-state index contributed by atoms with van der Waals surface area (Å²) in [7, 11) is 1.64. The molecule has 2 fully saturated rings. The van der Waals surface area contributed by atoms with Gasteiger partial charge in [-0.25, -0.2) is 0 Å². The zero-order chi connectivity index (χ0) is 19.2. The number of methoxy groups -OCH3 is 1. The Balaban J connectivity index is 1.44. The molecule has 2 saturated heterocycles. The van der Waals surface area contributed by atoms with E-state index in [0.29, 0.717) is 32.1 Å². The van der Waals surface area contributed by atoms with Crippen LogP contribution in [-0.2, 0) is 16.1 Å². The second-order valence-electron chi connectivity index (χ2n) is 7.61. The SMILES string of the molecule is COc1ccc(CN2CCN(C(=O)CC[C@H](C)N3CCCC3)CC2=O)cc1. The van der Waals surface area contributed by atoms with Gasteiger partial charge in [0.2, 0.25) is 11.8 Å². The van der Waals surface area contributed by atoms with E-state index >= 15 is 0 Å². The lowest BCUT2D eigenvalue weighted by atomic mass is 10.1. The van der Waals surface area contributed by atoms with Gasteiger partial charge in [0.25, 0.3) is 0 Å². The van der Waals surface area contributed by atoms with E-state index in [0.717, 1.165) is 30.8 Å². The van der Waals surface area contributed by atoms with Crippen LogP contribution in [0.3, 0.4) is 0 Å². The summed E-state index contributed by atoms with van der Waals surface area (Å²) in [5, 5.41) is 0. The van der Waals surface area contributed by atoms with E-state index in [9.17, 15) is 9.59 Å². The number of likely N-dealkylation sites (tertiary alicyclic amines) is 1. The number of nitrogens with zero attached hydrogens (tertiary/aromatic N) is 3. The fraction of sp³-hybridized carbons (Fsp3) is 0.619. The number of hydrogen-bond acceptors (Lipinski definition) is 4. The molecular weight excluding hydrogens is 342 g/mol. The predicted octanol–water partition coefficient (Wildman–Crippen LogP) is 2.13. The van der Waals surface area contributed by atoms with Gasteiger partial charge >= 0.3 is 0 Å². The van der Waals surface area contributed by atoms with Crippen LogP contribution in [0.5, 0.6) is 5.75 Å². The summed E-state index contributed by atoms with van der Waals surface area (Å²) in [4.78, 5) is 31.0. The molecule has 0 aromatic heterocycles. The monoisotopic (exact) mass is 373 g/mol. The topological polar surface area (TPSA) is 53.1 Å². The molecular formula is C21H31N3O3. The Hall–Kier alpha value is -2.08. The molecule has 1 aromatic carbocycles. The van der Waals surface area contributed by atoms with Crippen molar-refractivity contribution in [2.24, 2.45) is 0 Å². The molecule has 148 valence electrons. The molecule has 0 spiro atoms. The van der Waals surface area contributed by atoms with Crippen molar-refractivity contribution < 1.29 is 14.3 Å². The van der Waals surface area contributed by atoms with Crippen molar-refractivity contribution in [3.05, 3.63) is 29.8 Å². The van der Waals surface area contributed by atoms with Crippen LogP contribution in [0.2, 0.25) is 0 Å². The number of piperazine rings is 1. The van der Waals surface area contributed by atoms with Gasteiger partial charge in [-0.1, -0.05) is 12.1 Å². The van der Waals surface area contributed by atoms with Gasteiger partial charge in [-0.3, -0.25) is 9.59 Å². The highest BCUT2D eigenvalue weighted by Crippen LogP contribution is 2.17. The number of amides is 2. The summed E-state index contributed by atoms with van der Waals surface area (Å²) in [6.45, 7) is 6.51. The number of carbonyl (C=O) groups excluding carboxylic acids is 2. The molecule has 0 unspecified atom stereocenters. The Morgan fingerprint density at radius 2 is 1.81 bits per heavy atom. The van der Waals surface area contributed by atoms with Crippen molar-refractivity contribution in [2.45, 2.75) is 45.2 Å². The lowest BCUT2D eigenvalue weighted by Crippen LogP contribution is -2.51. The second kappa shape index (κ2) is 9.22. The lowest BCUT2D eigenvalue weighted by molar-refractivity contribution is -0.145. The van der Waals surface area contributed by atoms with Gasteiger partial charge in [-0.05, 0) is 57.0 Å². The van der Waals surface area contributed by atoms with E-state index in [2.05, 4.69) is 11.8 Å². The first-order valence-electron chi connectivity index (χ1n) is 9.99. The normalized spacial score (nSPS) is 19.4. The lowest BCUT2D eigenvalue weighted by Gasteiger charge is -2.35.